The first-order valence-electron chi connectivity index (χ1n) is 4.36. The molecule has 1 atom stereocenters. The number of hydrogen-bond donors (Lipinski definition) is 1. The fraction of sp³-hybridized carbons (Fsp3) is 0.444. The minimum atomic E-state index is -0.828. The van der Waals surface area contributed by atoms with Crippen LogP contribution in [0.3, 0.4) is 0 Å². The average Bonchev–Trinajstić information content (AvgIpc) is 2.55. The van der Waals surface area contributed by atoms with Crippen molar-refractivity contribution < 1.29 is 14.6 Å². The number of aromatic carboxylic acids is 1. The van der Waals surface area contributed by atoms with E-state index in [9.17, 15) is 4.79 Å². The molecule has 0 aromatic carbocycles. The van der Waals surface area contributed by atoms with Crippen molar-refractivity contribution in [1.82, 2.24) is 0 Å². The molecule has 1 heterocycles. The molecule has 1 aromatic rings. The fourth-order valence-electron chi connectivity index (χ4n) is 1.08. The van der Waals surface area contributed by atoms with Gasteiger partial charge in [0.05, 0.1) is 0 Å². The van der Waals surface area contributed by atoms with Gasteiger partial charge in [0.1, 0.15) is 0 Å². The molecular formula is C9H12AsBrO3S. The summed E-state index contributed by atoms with van der Waals surface area (Å²) >= 11 is 4.73. The Hall–Kier alpha value is 0.168. The Bertz CT molecular complexity index is 340. The molecule has 3 nitrogen and oxygen atoms in total. The number of carbonyl (C=O) groups is 1. The van der Waals surface area contributed by atoms with Gasteiger partial charge in [0, 0.05) is 0 Å². The van der Waals surface area contributed by atoms with Crippen LogP contribution in [0.15, 0.2) is 9.85 Å². The van der Waals surface area contributed by atoms with Crippen LogP contribution in [0.4, 0.5) is 0 Å². The second-order valence-electron chi connectivity index (χ2n) is 2.86. The number of hydrogen-bond acceptors (Lipinski definition) is 3. The molecule has 0 radical (unpaired) electrons. The van der Waals surface area contributed by atoms with E-state index < -0.39 is 5.97 Å². The van der Waals surface area contributed by atoms with Crippen molar-refractivity contribution in [3.63, 3.8) is 0 Å². The van der Waals surface area contributed by atoms with Gasteiger partial charge in [-0.3, -0.25) is 0 Å². The summed E-state index contributed by atoms with van der Waals surface area (Å²) in [5.41, 5.74) is 0.452. The molecule has 15 heavy (non-hydrogen) atoms. The number of carboxylic acid groups (broad SMARTS) is 1. The number of thiophene rings is 1. The maximum absolute atomic E-state index is 10.9. The van der Waals surface area contributed by atoms with E-state index in [0.29, 0.717) is 5.56 Å². The van der Waals surface area contributed by atoms with Crippen LogP contribution in [0.2, 0.25) is 5.21 Å². The van der Waals surface area contributed by atoms with Crippen LogP contribution in [-0.2, 0) is 9.95 Å². The summed E-state index contributed by atoms with van der Waals surface area (Å²) in [6, 6.07) is 1.69. The van der Waals surface area contributed by atoms with Crippen molar-refractivity contribution in [2.45, 2.75) is 10.4 Å². The van der Waals surface area contributed by atoms with Gasteiger partial charge in [0.2, 0.25) is 0 Å². The van der Waals surface area contributed by atoms with Gasteiger partial charge in [0.15, 0.2) is 0 Å². The molecule has 0 aliphatic heterocycles. The summed E-state index contributed by atoms with van der Waals surface area (Å²) in [5, 5.41) is 11.0. The fourth-order valence-corrected chi connectivity index (χ4v) is 5.60. The molecule has 0 amide bonds. The van der Waals surface area contributed by atoms with Crippen molar-refractivity contribution >= 4 is 49.0 Å². The topological polar surface area (TPSA) is 46.5 Å². The summed E-state index contributed by atoms with van der Waals surface area (Å²) in [5.74, 6) is -0.828. The van der Waals surface area contributed by atoms with E-state index in [2.05, 4.69) is 15.9 Å². The molecule has 1 rings (SSSR count). The van der Waals surface area contributed by atoms with Crippen molar-refractivity contribution in [2.75, 3.05) is 13.7 Å². The normalized spacial score (nSPS) is 11.3. The van der Waals surface area contributed by atoms with E-state index in [1.165, 1.54) is 11.3 Å². The van der Waals surface area contributed by atoms with Crippen LogP contribution < -0.4 is 0 Å². The van der Waals surface area contributed by atoms with Crippen LogP contribution >= 0.6 is 27.3 Å². The summed E-state index contributed by atoms with van der Waals surface area (Å²) in [7, 11) is 1.69. The molecular weight excluding hydrogens is 343 g/mol. The van der Waals surface area contributed by atoms with E-state index in [1.54, 1.807) is 13.2 Å². The Morgan fingerprint density at radius 3 is 3.07 bits per heavy atom. The third-order valence-corrected chi connectivity index (χ3v) is 6.39. The SMILES string of the molecule is COCC[AsH]Cc1sc(Br)cc1C(=O)O. The van der Waals surface area contributed by atoms with Crippen LogP contribution in [0.5, 0.6) is 0 Å². The van der Waals surface area contributed by atoms with Gasteiger partial charge in [-0.1, -0.05) is 0 Å². The van der Waals surface area contributed by atoms with E-state index >= 15 is 0 Å². The Morgan fingerprint density at radius 2 is 2.47 bits per heavy atom. The molecule has 0 saturated carbocycles. The molecule has 0 fully saturated rings. The molecule has 1 N–H and O–H groups in total. The zero-order valence-corrected chi connectivity index (χ0v) is 12.7. The van der Waals surface area contributed by atoms with Gasteiger partial charge in [-0.2, -0.15) is 0 Å². The molecule has 0 aliphatic rings. The molecule has 6 heteroatoms. The Labute approximate surface area is 108 Å². The zero-order valence-electron chi connectivity index (χ0n) is 8.25. The quantitative estimate of drug-likeness (QED) is 0.629. The van der Waals surface area contributed by atoms with Gasteiger partial charge >= 0.3 is 108 Å². The van der Waals surface area contributed by atoms with Gasteiger partial charge in [-0.15, -0.1) is 0 Å². The third-order valence-electron chi connectivity index (χ3n) is 1.78. The summed E-state index contributed by atoms with van der Waals surface area (Å²) in [6.45, 7) is 0.787. The van der Waals surface area contributed by atoms with E-state index in [0.717, 1.165) is 25.7 Å². The molecule has 0 aliphatic carbocycles. The number of halogens is 1. The van der Waals surface area contributed by atoms with E-state index in [-0.39, 0.29) is 15.8 Å². The van der Waals surface area contributed by atoms with Crippen LogP contribution in [0.1, 0.15) is 15.2 Å². The number of carboxylic acids is 1. The maximum atomic E-state index is 10.9. The van der Waals surface area contributed by atoms with Gasteiger partial charge in [-0.05, 0) is 0 Å². The number of methoxy groups -OCH3 is 1. The van der Waals surface area contributed by atoms with Gasteiger partial charge in [0.25, 0.3) is 0 Å². The minimum absolute atomic E-state index is 0.117. The third kappa shape index (κ3) is 4.27. The second-order valence-corrected chi connectivity index (χ2v) is 8.22. The first kappa shape index (κ1) is 13.2. The number of ether oxygens (including phenoxy) is 1. The predicted octanol–water partition coefficient (Wildman–Crippen LogP) is 2.21. The molecule has 1 aromatic heterocycles. The predicted molar refractivity (Wildman–Crippen MR) is 66.5 cm³/mol. The van der Waals surface area contributed by atoms with Crippen molar-refractivity contribution in [3.8, 4) is 0 Å². The molecule has 0 bridgehead atoms. The number of rotatable bonds is 6. The Balaban J connectivity index is 2.55. The first-order valence-corrected chi connectivity index (χ1v) is 8.94. The molecule has 1 unspecified atom stereocenters. The molecule has 0 spiro atoms. The molecule has 0 saturated heterocycles. The summed E-state index contributed by atoms with van der Waals surface area (Å²) < 4.78 is 5.87. The summed E-state index contributed by atoms with van der Waals surface area (Å²) in [6.07, 6.45) is 0. The van der Waals surface area contributed by atoms with Gasteiger partial charge < -0.3 is 0 Å². The monoisotopic (exact) mass is 354 g/mol. The van der Waals surface area contributed by atoms with Crippen LogP contribution in [0.25, 0.3) is 0 Å². The Morgan fingerprint density at radius 1 is 1.73 bits per heavy atom. The van der Waals surface area contributed by atoms with Crippen LogP contribution in [-0.4, -0.2) is 40.5 Å². The van der Waals surface area contributed by atoms with E-state index in [4.69, 9.17) is 9.84 Å². The van der Waals surface area contributed by atoms with Crippen molar-refractivity contribution in [2.24, 2.45) is 0 Å². The van der Waals surface area contributed by atoms with Crippen LogP contribution in [0, 0.1) is 0 Å². The summed E-state index contributed by atoms with van der Waals surface area (Å²) in [4.78, 5) is 11.9. The Kier molecular flexibility index (Phi) is 5.90. The van der Waals surface area contributed by atoms with Gasteiger partial charge in [-0.25, -0.2) is 0 Å². The second kappa shape index (κ2) is 6.69. The molecule has 84 valence electrons. The first-order chi connectivity index (χ1) is 7.15. The average molecular weight is 355 g/mol. The van der Waals surface area contributed by atoms with E-state index in [1.807, 2.05) is 0 Å². The standard InChI is InChI=1S/C9H12AsBrO3S/c1-14-3-2-10-5-7-6(9(12)13)4-8(11)15-7/h4,10H,2-3,5H2,1H3,(H,12,13). The van der Waals surface area contributed by atoms with Crippen molar-refractivity contribution in [3.05, 3.63) is 20.3 Å². The van der Waals surface area contributed by atoms with Crippen molar-refractivity contribution in [1.29, 1.82) is 0 Å². The zero-order chi connectivity index (χ0) is 11.3.